The number of rotatable bonds is 4. The molecule has 0 saturated heterocycles. The lowest BCUT2D eigenvalue weighted by atomic mass is 10.2. The van der Waals surface area contributed by atoms with Crippen molar-refractivity contribution in [3.63, 3.8) is 0 Å². The Labute approximate surface area is 111 Å². The van der Waals surface area contributed by atoms with Gasteiger partial charge in [0.15, 0.2) is 0 Å². The predicted molar refractivity (Wildman–Crippen MR) is 69.8 cm³/mol. The number of ether oxygens (including phenoxy) is 1. The van der Waals surface area contributed by atoms with E-state index in [1.54, 1.807) is 30.8 Å². The summed E-state index contributed by atoms with van der Waals surface area (Å²) in [6.45, 7) is 0. The fourth-order valence-corrected chi connectivity index (χ4v) is 2.97. The van der Waals surface area contributed by atoms with Crippen LogP contribution in [0.4, 0.5) is 0 Å². The van der Waals surface area contributed by atoms with Gasteiger partial charge in [0.05, 0.1) is 7.11 Å². The second-order valence-corrected chi connectivity index (χ2v) is 5.08. The summed E-state index contributed by atoms with van der Waals surface area (Å²) < 4.78 is 6.19. The van der Waals surface area contributed by atoms with Gasteiger partial charge in [-0.05, 0) is 22.0 Å². The van der Waals surface area contributed by atoms with E-state index in [4.69, 9.17) is 10.6 Å². The quantitative estimate of drug-likeness (QED) is 0.665. The Kier molecular flexibility index (Phi) is 4.06. The second-order valence-electron chi connectivity index (χ2n) is 3.22. The summed E-state index contributed by atoms with van der Waals surface area (Å²) >= 11 is 5.00. The molecule has 0 fully saturated rings. The van der Waals surface area contributed by atoms with Crippen molar-refractivity contribution in [3.8, 4) is 5.88 Å². The fraction of sp³-hybridized carbons (Fsp3) is 0.200. The van der Waals surface area contributed by atoms with Crippen LogP contribution in [0, 0.1) is 0 Å². The molecule has 0 radical (unpaired) electrons. The maximum atomic E-state index is 5.59. The first-order valence-electron chi connectivity index (χ1n) is 4.81. The summed E-state index contributed by atoms with van der Waals surface area (Å²) in [5.41, 5.74) is 3.40. The Morgan fingerprint density at radius 1 is 1.47 bits per heavy atom. The smallest absolute Gasteiger partial charge is 0.237 e. The van der Waals surface area contributed by atoms with E-state index in [0.717, 1.165) is 9.35 Å². The highest BCUT2D eigenvalue weighted by Crippen LogP contribution is 2.31. The van der Waals surface area contributed by atoms with Gasteiger partial charge in [0.1, 0.15) is 11.7 Å². The van der Waals surface area contributed by atoms with Crippen molar-refractivity contribution in [1.29, 1.82) is 0 Å². The van der Waals surface area contributed by atoms with Gasteiger partial charge in [0, 0.05) is 27.1 Å². The van der Waals surface area contributed by atoms with Gasteiger partial charge >= 0.3 is 0 Å². The maximum Gasteiger partial charge on any atom is 0.237 e. The molecular weight excluding hydrogens is 304 g/mol. The number of nitrogens with one attached hydrogen (secondary N) is 1. The standard InChI is InChI=1S/C10H11BrN4OS/c1-16-10-9(13-2-3-14-10)8(15-12)7-4-6(11)5-17-7/h2-5,8,15H,12H2,1H3. The Morgan fingerprint density at radius 2 is 2.24 bits per heavy atom. The van der Waals surface area contributed by atoms with E-state index >= 15 is 0 Å². The van der Waals surface area contributed by atoms with Crippen molar-refractivity contribution in [2.75, 3.05) is 7.11 Å². The molecule has 5 nitrogen and oxygen atoms in total. The van der Waals surface area contributed by atoms with Gasteiger partial charge in [-0.3, -0.25) is 10.8 Å². The van der Waals surface area contributed by atoms with Crippen LogP contribution in [0.3, 0.4) is 0 Å². The molecule has 17 heavy (non-hydrogen) atoms. The van der Waals surface area contributed by atoms with E-state index in [1.807, 2.05) is 11.4 Å². The topological polar surface area (TPSA) is 73.1 Å². The molecule has 3 N–H and O–H groups in total. The third-order valence-electron chi connectivity index (χ3n) is 2.20. The molecule has 0 spiro atoms. The van der Waals surface area contributed by atoms with Crippen LogP contribution in [0.2, 0.25) is 0 Å². The lowest BCUT2D eigenvalue weighted by molar-refractivity contribution is 0.383. The molecule has 2 aromatic heterocycles. The van der Waals surface area contributed by atoms with Crippen molar-refractivity contribution >= 4 is 27.3 Å². The zero-order valence-corrected chi connectivity index (χ0v) is 11.5. The first-order chi connectivity index (χ1) is 8.26. The van der Waals surface area contributed by atoms with Crippen LogP contribution in [-0.4, -0.2) is 17.1 Å². The molecule has 0 aliphatic heterocycles. The fourth-order valence-electron chi connectivity index (χ4n) is 1.47. The van der Waals surface area contributed by atoms with E-state index < -0.39 is 0 Å². The van der Waals surface area contributed by atoms with Crippen molar-refractivity contribution in [1.82, 2.24) is 15.4 Å². The number of nitrogens with two attached hydrogens (primary N) is 1. The van der Waals surface area contributed by atoms with Gasteiger partial charge in [-0.2, -0.15) is 0 Å². The van der Waals surface area contributed by atoms with E-state index in [2.05, 4.69) is 31.3 Å². The van der Waals surface area contributed by atoms with Crippen molar-refractivity contribution in [2.24, 2.45) is 5.84 Å². The normalized spacial score (nSPS) is 12.4. The molecule has 2 rings (SSSR count). The monoisotopic (exact) mass is 314 g/mol. The van der Waals surface area contributed by atoms with E-state index in [0.29, 0.717) is 11.6 Å². The highest BCUT2D eigenvalue weighted by atomic mass is 79.9. The van der Waals surface area contributed by atoms with Crippen molar-refractivity contribution < 1.29 is 4.74 Å². The number of nitrogens with zero attached hydrogens (tertiary/aromatic N) is 2. The Balaban J connectivity index is 2.41. The first kappa shape index (κ1) is 12.4. The summed E-state index contributed by atoms with van der Waals surface area (Å²) in [6.07, 6.45) is 3.20. The van der Waals surface area contributed by atoms with Gasteiger partial charge in [-0.1, -0.05) is 0 Å². The van der Waals surface area contributed by atoms with Crippen LogP contribution in [0.25, 0.3) is 0 Å². The summed E-state index contributed by atoms with van der Waals surface area (Å²) in [6, 6.07) is 1.76. The Morgan fingerprint density at radius 3 is 2.82 bits per heavy atom. The van der Waals surface area contributed by atoms with Crippen LogP contribution in [-0.2, 0) is 0 Å². The van der Waals surface area contributed by atoms with Gasteiger partial charge in [0.2, 0.25) is 5.88 Å². The van der Waals surface area contributed by atoms with Gasteiger partial charge in [-0.15, -0.1) is 11.3 Å². The number of thiophene rings is 1. The molecule has 90 valence electrons. The minimum absolute atomic E-state index is 0.227. The third kappa shape index (κ3) is 2.63. The summed E-state index contributed by atoms with van der Waals surface area (Å²) in [4.78, 5) is 9.42. The molecule has 7 heteroatoms. The number of hydrogen-bond donors (Lipinski definition) is 2. The van der Waals surface area contributed by atoms with E-state index in [1.165, 1.54) is 0 Å². The SMILES string of the molecule is COc1nccnc1C(NN)c1cc(Br)cs1. The van der Waals surface area contributed by atoms with Gasteiger partial charge in [-0.25, -0.2) is 10.4 Å². The van der Waals surface area contributed by atoms with Crippen molar-refractivity contribution in [3.05, 3.63) is 38.9 Å². The third-order valence-corrected chi connectivity index (χ3v) is 3.96. The Bertz CT molecular complexity index is 505. The number of halogens is 1. The molecule has 0 saturated carbocycles. The van der Waals surface area contributed by atoms with E-state index in [9.17, 15) is 0 Å². The van der Waals surface area contributed by atoms with Crippen molar-refractivity contribution in [2.45, 2.75) is 6.04 Å². The molecule has 0 aliphatic carbocycles. The molecule has 2 heterocycles. The van der Waals surface area contributed by atoms with Crippen LogP contribution >= 0.6 is 27.3 Å². The second kappa shape index (κ2) is 5.54. The average molecular weight is 315 g/mol. The average Bonchev–Trinajstić information content (AvgIpc) is 2.77. The Hall–Kier alpha value is -1.02. The zero-order chi connectivity index (χ0) is 12.3. The predicted octanol–water partition coefficient (Wildman–Crippen LogP) is 1.86. The van der Waals surface area contributed by atoms with E-state index in [-0.39, 0.29) is 6.04 Å². The van der Waals surface area contributed by atoms with Gasteiger partial charge in [0.25, 0.3) is 0 Å². The first-order valence-corrected chi connectivity index (χ1v) is 6.48. The summed E-state index contributed by atoms with van der Waals surface area (Å²) in [5, 5.41) is 1.99. The van der Waals surface area contributed by atoms with Gasteiger partial charge < -0.3 is 4.74 Å². The highest BCUT2D eigenvalue weighted by Gasteiger charge is 2.20. The largest absolute Gasteiger partial charge is 0.480 e. The van der Waals surface area contributed by atoms with Crippen LogP contribution in [0.5, 0.6) is 5.88 Å². The molecular formula is C10H11BrN4OS. The van der Waals surface area contributed by atoms with Crippen LogP contribution in [0.15, 0.2) is 28.3 Å². The van der Waals surface area contributed by atoms with Crippen LogP contribution in [0.1, 0.15) is 16.6 Å². The molecule has 0 amide bonds. The highest BCUT2D eigenvalue weighted by molar-refractivity contribution is 9.10. The molecule has 0 aromatic carbocycles. The number of hydrogen-bond acceptors (Lipinski definition) is 6. The minimum atomic E-state index is -0.227. The maximum absolute atomic E-state index is 5.59. The molecule has 1 atom stereocenters. The van der Waals surface area contributed by atoms with Crippen LogP contribution < -0.4 is 16.0 Å². The molecule has 2 aromatic rings. The summed E-state index contributed by atoms with van der Waals surface area (Å²) in [7, 11) is 1.56. The minimum Gasteiger partial charge on any atom is -0.480 e. The molecule has 0 aliphatic rings. The number of methoxy groups -OCH3 is 1. The lowest BCUT2D eigenvalue weighted by Gasteiger charge is -2.15. The number of aromatic nitrogens is 2. The lowest BCUT2D eigenvalue weighted by Crippen LogP contribution is -2.29. The zero-order valence-electron chi connectivity index (χ0n) is 9.05. The summed E-state index contributed by atoms with van der Waals surface area (Å²) in [5.74, 6) is 6.06. The number of hydrazine groups is 1. The molecule has 1 unspecified atom stereocenters. The molecule has 0 bridgehead atoms.